The summed E-state index contributed by atoms with van der Waals surface area (Å²) in [4.78, 5) is 18.1. The van der Waals surface area contributed by atoms with Crippen LogP contribution in [0, 0.1) is 6.92 Å². The van der Waals surface area contributed by atoms with Crippen molar-refractivity contribution in [3.63, 3.8) is 0 Å². The smallest absolute Gasteiger partial charge is 0.252 e. The fourth-order valence-corrected chi connectivity index (χ4v) is 3.76. The zero-order valence-corrected chi connectivity index (χ0v) is 17.4. The molecule has 4 rings (SSSR count). The van der Waals surface area contributed by atoms with Crippen molar-refractivity contribution in [1.82, 2.24) is 20.1 Å². The van der Waals surface area contributed by atoms with E-state index in [0.717, 1.165) is 40.8 Å². The lowest BCUT2D eigenvalue weighted by atomic mass is 10.0. The van der Waals surface area contributed by atoms with Crippen molar-refractivity contribution >= 4 is 16.9 Å². The number of rotatable bonds is 6. The van der Waals surface area contributed by atoms with Gasteiger partial charge >= 0.3 is 0 Å². The second kappa shape index (κ2) is 7.39. The third kappa shape index (κ3) is 3.52. The van der Waals surface area contributed by atoms with Crippen LogP contribution >= 0.6 is 0 Å². The lowest BCUT2D eigenvalue weighted by Crippen LogP contribution is -2.27. The van der Waals surface area contributed by atoms with Gasteiger partial charge in [-0.15, -0.1) is 0 Å². The minimum absolute atomic E-state index is 0.146. The predicted octanol–water partition coefficient (Wildman–Crippen LogP) is 3.66. The van der Waals surface area contributed by atoms with Crippen LogP contribution in [0.15, 0.2) is 24.3 Å². The van der Waals surface area contributed by atoms with E-state index in [0.29, 0.717) is 23.0 Å². The first-order chi connectivity index (χ1) is 13.9. The molecular weight excluding hydrogens is 368 g/mol. The van der Waals surface area contributed by atoms with Crippen molar-refractivity contribution in [3.8, 4) is 11.5 Å². The van der Waals surface area contributed by atoms with Crippen molar-refractivity contribution in [1.29, 1.82) is 0 Å². The van der Waals surface area contributed by atoms with Crippen molar-refractivity contribution < 1.29 is 14.3 Å². The molecule has 7 nitrogen and oxygen atoms in total. The number of methoxy groups -OCH3 is 2. The molecule has 1 amide bonds. The molecule has 7 heteroatoms. The molecule has 29 heavy (non-hydrogen) atoms. The molecule has 0 radical (unpaired) electrons. The molecule has 1 unspecified atom stereocenters. The molecule has 1 atom stereocenters. The van der Waals surface area contributed by atoms with E-state index in [1.54, 1.807) is 18.9 Å². The summed E-state index contributed by atoms with van der Waals surface area (Å²) in [5.41, 5.74) is 4.00. The standard InChI is InChI=1S/C22H26N4O3/c1-12(16-10-15(28-4)8-9-19(16)29-5)23-22(27)17-11-18(14-6-7-14)24-21-20(17)13(2)25-26(21)3/h8-12,14H,6-7H2,1-5H3,(H,23,27). The maximum Gasteiger partial charge on any atom is 0.252 e. The quantitative estimate of drug-likeness (QED) is 0.690. The van der Waals surface area contributed by atoms with Gasteiger partial charge in [0.1, 0.15) is 11.5 Å². The summed E-state index contributed by atoms with van der Waals surface area (Å²) in [5, 5.41) is 8.40. The van der Waals surface area contributed by atoms with Crippen molar-refractivity contribution in [3.05, 3.63) is 46.8 Å². The number of nitrogens with zero attached hydrogens (tertiary/aromatic N) is 3. The first-order valence-corrected chi connectivity index (χ1v) is 9.80. The van der Waals surface area contributed by atoms with Crippen molar-refractivity contribution in [2.24, 2.45) is 7.05 Å². The summed E-state index contributed by atoms with van der Waals surface area (Å²) < 4.78 is 12.6. The minimum atomic E-state index is -0.267. The van der Waals surface area contributed by atoms with Gasteiger partial charge in [-0.05, 0) is 51.0 Å². The van der Waals surface area contributed by atoms with Crippen LogP contribution in [0.1, 0.15) is 59.0 Å². The van der Waals surface area contributed by atoms with Gasteiger partial charge in [0.25, 0.3) is 5.91 Å². The molecule has 1 saturated carbocycles. The maximum atomic E-state index is 13.3. The number of ether oxygens (including phenoxy) is 2. The molecular formula is C22H26N4O3. The number of hydrogen-bond acceptors (Lipinski definition) is 5. The van der Waals surface area contributed by atoms with Crippen molar-refractivity contribution in [2.45, 2.75) is 38.6 Å². The summed E-state index contributed by atoms with van der Waals surface area (Å²) in [7, 11) is 5.10. The van der Waals surface area contributed by atoms with Crippen LogP contribution in [0.25, 0.3) is 11.0 Å². The lowest BCUT2D eigenvalue weighted by molar-refractivity contribution is 0.0941. The second-order valence-electron chi connectivity index (χ2n) is 7.58. The minimum Gasteiger partial charge on any atom is -0.497 e. The molecule has 1 N–H and O–H groups in total. The van der Waals surface area contributed by atoms with Crippen LogP contribution in [-0.2, 0) is 7.05 Å². The lowest BCUT2D eigenvalue weighted by Gasteiger charge is -2.19. The SMILES string of the molecule is COc1ccc(OC)c(C(C)NC(=O)c2cc(C3CC3)nc3c2c(C)nn3C)c1. The van der Waals surface area contributed by atoms with Crippen LogP contribution in [0.5, 0.6) is 11.5 Å². The number of amides is 1. The number of pyridine rings is 1. The average Bonchev–Trinajstić information content (AvgIpc) is 3.53. The molecule has 1 aliphatic rings. The maximum absolute atomic E-state index is 13.3. The molecule has 0 bridgehead atoms. The normalized spacial score (nSPS) is 14.7. The van der Waals surface area contributed by atoms with Gasteiger partial charge in [0.05, 0.1) is 36.9 Å². The third-order valence-corrected chi connectivity index (χ3v) is 5.48. The number of carbonyl (C=O) groups excluding carboxylic acids is 1. The topological polar surface area (TPSA) is 78.3 Å². The Labute approximate surface area is 170 Å². The van der Waals surface area contributed by atoms with Gasteiger partial charge in [-0.1, -0.05) is 0 Å². The molecule has 2 aromatic heterocycles. The molecule has 3 aromatic rings. The number of fused-ring (bicyclic) bond motifs is 1. The Morgan fingerprint density at radius 2 is 2.00 bits per heavy atom. The molecule has 152 valence electrons. The van der Waals surface area contributed by atoms with Crippen LogP contribution in [-0.4, -0.2) is 34.9 Å². The molecule has 2 heterocycles. The highest BCUT2D eigenvalue weighted by molar-refractivity contribution is 6.06. The largest absolute Gasteiger partial charge is 0.497 e. The van der Waals surface area contributed by atoms with Gasteiger partial charge in [-0.2, -0.15) is 5.10 Å². The predicted molar refractivity (Wildman–Crippen MR) is 111 cm³/mol. The van der Waals surface area contributed by atoms with E-state index in [2.05, 4.69) is 10.4 Å². The van der Waals surface area contributed by atoms with Gasteiger partial charge in [-0.25, -0.2) is 4.98 Å². The van der Waals surface area contributed by atoms with Gasteiger partial charge in [0.15, 0.2) is 5.65 Å². The van der Waals surface area contributed by atoms with Gasteiger partial charge in [0, 0.05) is 24.2 Å². The average molecular weight is 394 g/mol. The third-order valence-electron chi connectivity index (χ3n) is 5.48. The van der Waals surface area contributed by atoms with E-state index in [-0.39, 0.29) is 11.9 Å². The van der Waals surface area contributed by atoms with Crippen LogP contribution in [0.3, 0.4) is 0 Å². The Morgan fingerprint density at radius 1 is 1.24 bits per heavy atom. The fourth-order valence-electron chi connectivity index (χ4n) is 3.76. The van der Waals surface area contributed by atoms with E-state index >= 15 is 0 Å². The van der Waals surface area contributed by atoms with Gasteiger partial charge in [0.2, 0.25) is 0 Å². The molecule has 1 fully saturated rings. The van der Waals surface area contributed by atoms with Gasteiger partial charge < -0.3 is 14.8 Å². The van der Waals surface area contributed by atoms with E-state index in [1.165, 1.54) is 0 Å². The Hall–Kier alpha value is -3.09. The Kier molecular flexibility index (Phi) is 4.90. The summed E-state index contributed by atoms with van der Waals surface area (Å²) in [6.45, 7) is 3.84. The molecule has 0 saturated heterocycles. The molecule has 1 aliphatic carbocycles. The molecule has 0 spiro atoms. The number of benzene rings is 1. The fraction of sp³-hybridized carbons (Fsp3) is 0.409. The summed E-state index contributed by atoms with van der Waals surface area (Å²) in [6, 6.07) is 7.23. The first kappa shape index (κ1) is 19.2. The second-order valence-corrected chi connectivity index (χ2v) is 7.58. The van der Waals surface area contributed by atoms with Gasteiger partial charge in [-0.3, -0.25) is 9.48 Å². The monoisotopic (exact) mass is 394 g/mol. The number of aromatic nitrogens is 3. The Bertz CT molecular complexity index is 1090. The zero-order chi connectivity index (χ0) is 20.7. The number of hydrogen-bond donors (Lipinski definition) is 1. The molecule has 1 aromatic carbocycles. The van der Waals surface area contributed by atoms with Crippen LogP contribution < -0.4 is 14.8 Å². The van der Waals surface area contributed by atoms with Crippen LogP contribution in [0.2, 0.25) is 0 Å². The first-order valence-electron chi connectivity index (χ1n) is 9.80. The Balaban J connectivity index is 1.71. The highest BCUT2D eigenvalue weighted by Gasteiger charge is 2.29. The number of carbonyl (C=O) groups is 1. The number of nitrogens with one attached hydrogen (secondary N) is 1. The highest BCUT2D eigenvalue weighted by atomic mass is 16.5. The van der Waals surface area contributed by atoms with E-state index in [4.69, 9.17) is 14.5 Å². The van der Waals surface area contributed by atoms with Crippen LogP contribution in [0.4, 0.5) is 0 Å². The Morgan fingerprint density at radius 3 is 2.66 bits per heavy atom. The van der Waals surface area contributed by atoms with Crippen molar-refractivity contribution in [2.75, 3.05) is 14.2 Å². The van der Waals surface area contributed by atoms with E-state index < -0.39 is 0 Å². The van der Waals surface area contributed by atoms with E-state index in [1.807, 2.05) is 45.2 Å². The summed E-state index contributed by atoms with van der Waals surface area (Å²) in [6.07, 6.45) is 2.24. The number of aryl methyl sites for hydroxylation is 2. The summed E-state index contributed by atoms with van der Waals surface area (Å²) >= 11 is 0. The van der Waals surface area contributed by atoms with E-state index in [9.17, 15) is 4.79 Å². The zero-order valence-electron chi connectivity index (χ0n) is 17.4. The highest BCUT2D eigenvalue weighted by Crippen LogP contribution is 2.40. The molecule has 0 aliphatic heterocycles. The summed E-state index contributed by atoms with van der Waals surface area (Å²) in [5.74, 6) is 1.71.